The largest absolute Gasteiger partial charge is 0.329 e. The second kappa shape index (κ2) is 5.27. The van der Waals surface area contributed by atoms with Crippen LogP contribution in [0.25, 0.3) is 0 Å². The van der Waals surface area contributed by atoms with Gasteiger partial charge in [-0.05, 0) is 50.5 Å². The molecule has 0 aromatic carbocycles. The molecule has 0 unspecified atom stereocenters. The molecule has 0 amide bonds. The average Bonchev–Trinajstić information content (AvgIpc) is 2.69. The molecular formula is C15H30N2. The highest BCUT2D eigenvalue weighted by Gasteiger charge is 2.47. The van der Waals surface area contributed by atoms with E-state index in [0.29, 0.717) is 5.54 Å². The number of nitrogens with zero attached hydrogens (tertiary/aromatic N) is 1. The summed E-state index contributed by atoms with van der Waals surface area (Å²) in [6.45, 7) is 6.83. The third kappa shape index (κ3) is 2.68. The van der Waals surface area contributed by atoms with Crippen LogP contribution < -0.4 is 5.73 Å². The van der Waals surface area contributed by atoms with Gasteiger partial charge in [0.15, 0.2) is 0 Å². The first-order valence-corrected chi connectivity index (χ1v) is 7.49. The lowest BCUT2D eigenvalue weighted by atomic mass is 9.63. The summed E-state index contributed by atoms with van der Waals surface area (Å²) in [5.41, 5.74) is 6.41. The Balaban J connectivity index is 1.86. The maximum Gasteiger partial charge on any atom is 0.0334 e. The number of rotatable bonds is 5. The molecule has 0 atom stereocenters. The molecule has 2 aliphatic rings. The zero-order valence-corrected chi connectivity index (χ0v) is 11.9. The molecule has 0 bridgehead atoms. The summed E-state index contributed by atoms with van der Waals surface area (Å²) in [6, 6.07) is 0. The van der Waals surface area contributed by atoms with Gasteiger partial charge in [0.05, 0.1) is 0 Å². The molecule has 0 aromatic rings. The molecule has 2 saturated carbocycles. The number of likely N-dealkylation sites (N-methyl/N-ethyl adjacent to an activating group) is 1. The van der Waals surface area contributed by atoms with Crippen molar-refractivity contribution in [3.63, 3.8) is 0 Å². The van der Waals surface area contributed by atoms with E-state index in [1.807, 2.05) is 0 Å². The Morgan fingerprint density at radius 2 is 1.82 bits per heavy atom. The molecule has 0 radical (unpaired) electrons. The Hall–Kier alpha value is -0.0800. The Bertz CT molecular complexity index is 237. The maximum absolute atomic E-state index is 6.06. The molecule has 17 heavy (non-hydrogen) atoms. The minimum atomic E-state index is 0.345. The van der Waals surface area contributed by atoms with E-state index < -0.39 is 0 Å². The van der Waals surface area contributed by atoms with E-state index in [2.05, 4.69) is 25.8 Å². The smallest absolute Gasteiger partial charge is 0.0334 e. The van der Waals surface area contributed by atoms with Gasteiger partial charge in [-0.3, -0.25) is 4.90 Å². The van der Waals surface area contributed by atoms with Crippen LogP contribution in [0.2, 0.25) is 0 Å². The zero-order valence-electron chi connectivity index (χ0n) is 11.9. The first kappa shape index (κ1) is 13.4. The topological polar surface area (TPSA) is 29.3 Å². The molecule has 0 saturated heterocycles. The standard InChI is InChI=1S/C15H30N2/c1-12(2)14-8-15(9-14,11-16)17(3)10-13-6-4-5-7-13/h12-14H,4-11,16H2,1-3H3. The van der Waals surface area contributed by atoms with Gasteiger partial charge in [-0.2, -0.15) is 0 Å². The summed E-state index contributed by atoms with van der Waals surface area (Å²) >= 11 is 0. The third-order valence-corrected chi connectivity index (χ3v) is 5.42. The van der Waals surface area contributed by atoms with Crippen molar-refractivity contribution in [3.8, 4) is 0 Å². The van der Waals surface area contributed by atoms with Crippen LogP contribution in [0.3, 0.4) is 0 Å². The van der Waals surface area contributed by atoms with Crippen molar-refractivity contribution in [2.75, 3.05) is 20.1 Å². The molecule has 2 aliphatic carbocycles. The van der Waals surface area contributed by atoms with Crippen LogP contribution in [0.5, 0.6) is 0 Å². The second-order valence-corrected chi connectivity index (χ2v) is 6.87. The molecule has 2 nitrogen and oxygen atoms in total. The lowest BCUT2D eigenvalue weighted by Crippen LogP contribution is -2.62. The lowest BCUT2D eigenvalue weighted by molar-refractivity contribution is -0.0267. The molecule has 0 spiro atoms. The Morgan fingerprint density at radius 1 is 1.24 bits per heavy atom. The van der Waals surface area contributed by atoms with Crippen molar-refractivity contribution in [3.05, 3.63) is 0 Å². The van der Waals surface area contributed by atoms with Crippen LogP contribution in [0.4, 0.5) is 0 Å². The minimum Gasteiger partial charge on any atom is -0.329 e. The molecule has 2 N–H and O–H groups in total. The van der Waals surface area contributed by atoms with Gasteiger partial charge >= 0.3 is 0 Å². The van der Waals surface area contributed by atoms with Crippen molar-refractivity contribution in [1.29, 1.82) is 0 Å². The summed E-state index contributed by atoms with van der Waals surface area (Å²) in [5, 5.41) is 0. The fraction of sp³-hybridized carbons (Fsp3) is 1.00. The Labute approximate surface area is 107 Å². The fourth-order valence-electron chi connectivity index (χ4n) is 3.80. The Kier molecular flexibility index (Phi) is 4.14. The summed E-state index contributed by atoms with van der Waals surface area (Å²) in [4.78, 5) is 2.60. The summed E-state index contributed by atoms with van der Waals surface area (Å²) in [7, 11) is 2.31. The van der Waals surface area contributed by atoms with E-state index in [9.17, 15) is 0 Å². The van der Waals surface area contributed by atoms with E-state index in [1.165, 1.54) is 45.1 Å². The van der Waals surface area contributed by atoms with Gasteiger partial charge in [-0.15, -0.1) is 0 Å². The van der Waals surface area contributed by atoms with Crippen molar-refractivity contribution in [1.82, 2.24) is 4.90 Å². The monoisotopic (exact) mass is 238 g/mol. The number of hydrogen-bond acceptors (Lipinski definition) is 2. The van der Waals surface area contributed by atoms with Crippen LogP contribution in [-0.2, 0) is 0 Å². The van der Waals surface area contributed by atoms with Gasteiger partial charge < -0.3 is 5.73 Å². The van der Waals surface area contributed by atoms with Gasteiger partial charge in [-0.25, -0.2) is 0 Å². The van der Waals surface area contributed by atoms with Crippen LogP contribution in [0.1, 0.15) is 52.4 Å². The first-order chi connectivity index (χ1) is 8.07. The SMILES string of the molecule is CC(C)C1CC(CN)(N(C)CC2CCCC2)C1. The van der Waals surface area contributed by atoms with Crippen LogP contribution in [0, 0.1) is 17.8 Å². The molecule has 100 valence electrons. The van der Waals surface area contributed by atoms with Gasteiger partial charge in [0.25, 0.3) is 0 Å². The number of hydrogen-bond donors (Lipinski definition) is 1. The predicted octanol–water partition coefficient (Wildman–Crippen LogP) is 2.87. The van der Waals surface area contributed by atoms with E-state index in [1.54, 1.807) is 0 Å². The third-order valence-electron chi connectivity index (χ3n) is 5.42. The van der Waals surface area contributed by atoms with E-state index in [0.717, 1.165) is 24.3 Å². The van der Waals surface area contributed by atoms with Crippen LogP contribution >= 0.6 is 0 Å². The van der Waals surface area contributed by atoms with E-state index in [-0.39, 0.29) is 0 Å². The molecule has 2 rings (SSSR count). The predicted molar refractivity (Wildman–Crippen MR) is 73.9 cm³/mol. The summed E-state index contributed by atoms with van der Waals surface area (Å²) in [5.74, 6) is 2.68. The van der Waals surface area contributed by atoms with Crippen molar-refractivity contribution >= 4 is 0 Å². The van der Waals surface area contributed by atoms with Gasteiger partial charge in [0.2, 0.25) is 0 Å². The van der Waals surface area contributed by atoms with E-state index >= 15 is 0 Å². The highest BCUT2D eigenvalue weighted by atomic mass is 15.2. The van der Waals surface area contributed by atoms with Crippen molar-refractivity contribution in [2.24, 2.45) is 23.5 Å². The van der Waals surface area contributed by atoms with Gasteiger partial charge in [-0.1, -0.05) is 26.7 Å². The molecular weight excluding hydrogens is 208 g/mol. The summed E-state index contributed by atoms with van der Waals surface area (Å²) in [6.07, 6.45) is 8.43. The van der Waals surface area contributed by atoms with Crippen LogP contribution in [-0.4, -0.2) is 30.6 Å². The lowest BCUT2D eigenvalue weighted by Gasteiger charge is -2.54. The highest BCUT2D eigenvalue weighted by molar-refractivity contribution is 5.03. The van der Waals surface area contributed by atoms with Gasteiger partial charge in [0.1, 0.15) is 0 Å². The second-order valence-electron chi connectivity index (χ2n) is 6.87. The maximum atomic E-state index is 6.06. The van der Waals surface area contributed by atoms with Gasteiger partial charge in [0, 0.05) is 18.6 Å². The zero-order chi connectivity index (χ0) is 12.5. The first-order valence-electron chi connectivity index (χ1n) is 7.49. The Morgan fingerprint density at radius 3 is 2.29 bits per heavy atom. The number of nitrogens with two attached hydrogens (primary N) is 1. The van der Waals surface area contributed by atoms with Crippen LogP contribution in [0.15, 0.2) is 0 Å². The highest BCUT2D eigenvalue weighted by Crippen LogP contribution is 2.45. The quantitative estimate of drug-likeness (QED) is 0.798. The average molecular weight is 238 g/mol. The van der Waals surface area contributed by atoms with E-state index in [4.69, 9.17) is 5.73 Å². The molecule has 0 heterocycles. The fourth-order valence-corrected chi connectivity index (χ4v) is 3.80. The molecule has 0 aromatic heterocycles. The normalized spacial score (nSPS) is 34.6. The minimum absolute atomic E-state index is 0.345. The summed E-state index contributed by atoms with van der Waals surface area (Å²) < 4.78 is 0. The molecule has 2 heteroatoms. The van der Waals surface area contributed by atoms with Crippen molar-refractivity contribution < 1.29 is 0 Å². The molecule has 2 fully saturated rings. The molecule has 0 aliphatic heterocycles. The van der Waals surface area contributed by atoms with Crippen molar-refractivity contribution in [2.45, 2.75) is 57.9 Å².